The molecule has 0 amide bonds. The molecule has 0 aliphatic heterocycles. The second-order valence-electron chi connectivity index (χ2n) is 5.25. The lowest BCUT2D eigenvalue weighted by atomic mass is 10.1. The highest BCUT2D eigenvalue weighted by atomic mass is 32.2. The van der Waals surface area contributed by atoms with Crippen molar-refractivity contribution >= 4 is 27.0 Å². The van der Waals surface area contributed by atoms with E-state index in [0.29, 0.717) is 0 Å². The van der Waals surface area contributed by atoms with E-state index in [1.54, 1.807) is 23.5 Å². The van der Waals surface area contributed by atoms with Crippen LogP contribution in [0.3, 0.4) is 0 Å². The number of benzene rings is 1. The maximum Gasteiger partial charge on any atom is 0.242 e. The van der Waals surface area contributed by atoms with E-state index >= 15 is 0 Å². The van der Waals surface area contributed by atoms with E-state index in [4.69, 9.17) is 5.73 Å². The Hall–Kier alpha value is -1.37. The second-order valence-corrected chi connectivity index (χ2v) is 8.33. The second kappa shape index (κ2) is 5.79. The minimum atomic E-state index is -3.60. The van der Waals surface area contributed by atoms with Crippen LogP contribution in [0.5, 0.6) is 0 Å². The van der Waals surface area contributed by atoms with Gasteiger partial charge in [-0.25, -0.2) is 13.1 Å². The zero-order valence-electron chi connectivity index (χ0n) is 12.6. The van der Waals surface area contributed by atoms with Crippen LogP contribution in [0.4, 0.5) is 5.69 Å². The van der Waals surface area contributed by atoms with Crippen molar-refractivity contribution in [2.45, 2.75) is 39.1 Å². The molecule has 1 aromatic heterocycles. The van der Waals surface area contributed by atoms with Crippen molar-refractivity contribution in [1.29, 1.82) is 0 Å². The molecule has 0 bridgehead atoms. The molecule has 0 aliphatic rings. The van der Waals surface area contributed by atoms with Gasteiger partial charge in [0.15, 0.2) is 0 Å². The third kappa shape index (κ3) is 3.45. The van der Waals surface area contributed by atoms with Gasteiger partial charge < -0.3 is 5.73 Å². The lowest BCUT2D eigenvalue weighted by molar-refractivity contribution is 0.582. The van der Waals surface area contributed by atoms with Gasteiger partial charge in [0.25, 0.3) is 0 Å². The van der Waals surface area contributed by atoms with Gasteiger partial charge in [-0.15, -0.1) is 11.3 Å². The first-order valence-electron chi connectivity index (χ1n) is 6.63. The minimum Gasteiger partial charge on any atom is -0.398 e. The van der Waals surface area contributed by atoms with Crippen molar-refractivity contribution in [1.82, 2.24) is 4.72 Å². The van der Waals surface area contributed by atoms with Gasteiger partial charge in [0, 0.05) is 16.3 Å². The molecular weight excluding hydrogens is 304 g/mol. The normalized spacial score (nSPS) is 11.8. The molecule has 0 saturated carbocycles. The van der Waals surface area contributed by atoms with Gasteiger partial charge in [-0.3, -0.25) is 0 Å². The fourth-order valence-corrected chi connectivity index (χ4v) is 4.31. The highest BCUT2D eigenvalue weighted by Gasteiger charge is 2.18. The Morgan fingerprint density at radius 3 is 2.24 bits per heavy atom. The molecule has 3 N–H and O–H groups in total. The zero-order chi connectivity index (χ0) is 15.8. The zero-order valence-corrected chi connectivity index (χ0v) is 14.3. The van der Waals surface area contributed by atoms with Crippen molar-refractivity contribution in [3.05, 3.63) is 44.6 Å². The molecule has 0 fully saturated rings. The monoisotopic (exact) mass is 324 g/mol. The van der Waals surface area contributed by atoms with Crippen molar-refractivity contribution in [2.75, 3.05) is 5.73 Å². The Labute approximate surface area is 130 Å². The summed E-state index contributed by atoms with van der Waals surface area (Å²) in [7, 11) is -3.60. The summed E-state index contributed by atoms with van der Waals surface area (Å²) in [5, 5.41) is 0. The lowest BCUT2D eigenvalue weighted by Gasteiger charge is -2.11. The number of aryl methyl sites for hydroxylation is 4. The van der Waals surface area contributed by atoms with E-state index in [9.17, 15) is 8.42 Å². The molecule has 0 saturated heterocycles. The number of thiophene rings is 1. The number of sulfonamides is 1. The molecular formula is C15H20N2O2S2. The summed E-state index contributed by atoms with van der Waals surface area (Å²) >= 11 is 1.60. The van der Waals surface area contributed by atoms with Crippen LogP contribution < -0.4 is 10.5 Å². The van der Waals surface area contributed by atoms with Gasteiger partial charge in [-0.2, -0.15) is 0 Å². The molecule has 0 aliphatic carbocycles. The highest BCUT2D eigenvalue weighted by Crippen LogP contribution is 2.24. The first-order chi connectivity index (χ1) is 9.70. The Balaban J connectivity index is 2.24. The Bertz CT molecular complexity index is 758. The summed E-state index contributed by atoms with van der Waals surface area (Å²) in [4.78, 5) is 2.35. The number of rotatable bonds is 4. The molecule has 2 rings (SSSR count). The predicted octanol–water partition coefficient (Wildman–Crippen LogP) is 3.04. The van der Waals surface area contributed by atoms with Gasteiger partial charge >= 0.3 is 0 Å². The number of hydrogen-bond acceptors (Lipinski definition) is 4. The van der Waals surface area contributed by atoms with Crippen LogP contribution in [-0.2, 0) is 16.6 Å². The molecule has 0 unspecified atom stereocenters. The molecule has 2 aromatic rings. The van der Waals surface area contributed by atoms with Gasteiger partial charge in [0.2, 0.25) is 10.0 Å². The molecule has 6 heteroatoms. The number of nitrogens with one attached hydrogen (secondary N) is 1. The van der Waals surface area contributed by atoms with Crippen molar-refractivity contribution in [2.24, 2.45) is 0 Å². The third-order valence-electron chi connectivity index (χ3n) is 3.57. The summed E-state index contributed by atoms with van der Waals surface area (Å²) in [6.07, 6.45) is 0. The molecule has 0 spiro atoms. The van der Waals surface area contributed by atoms with E-state index in [-0.39, 0.29) is 17.1 Å². The Morgan fingerprint density at radius 1 is 1.05 bits per heavy atom. The topological polar surface area (TPSA) is 72.2 Å². The summed E-state index contributed by atoms with van der Waals surface area (Å²) in [5.41, 5.74) is 9.21. The van der Waals surface area contributed by atoms with Gasteiger partial charge in [0.1, 0.15) is 4.90 Å². The summed E-state index contributed by atoms with van der Waals surface area (Å²) in [5.74, 6) is 0. The molecule has 1 heterocycles. The van der Waals surface area contributed by atoms with Gasteiger partial charge in [-0.1, -0.05) is 0 Å². The van der Waals surface area contributed by atoms with E-state index in [1.165, 1.54) is 10.4 Å². The SMILES string of the molecule is Cc1cc(N)c(S(=O)(=O)NCc2cc(C)c(C)s2)cc1C. The van der Waals surface area contributed by atoms with Crippen LogP contribution in [0.1, 0.15) is 26.4 Å². The molecule has 21 heavy (non-hydrogen) atoms. The number of nitrogen functional groups attached to an aromatic ring is 1. The average molecular weight is 324 g/mol. The minimum absolute atomic E-state index is 0.149. The van der Waals surface area contributed by atoms with Crippen molar-refractivity contribution < 1.29 is 8.42 Å². The van der Waals surface area contributed by atoms with Crippen LogP contribution in [-0.4, -0.2) is 8.42 Å². The quantitative estimate of drug-likeness (QED) is 0.849. The summed E-state index contributed by atoms with van der Waals surface area (Å²) in [6.45, 7) is 8.12. The molecule has 0 atom stereocenters. The maximum atomic E-state index is 12.4. The van der Waals surface area contributed by atoms with Crippen molar-refractivity contribution in [3.8, 4) is 0 Å². The van der Waals surface area contributed by atoms with E-state index in [0.717, 1.165) is 16.0 Å². The first kappa shape index (κ1) is 16.0. The van der Waals surface area contributed by atoms with Crippen molar-refractivity contribution in [3.63, 3.8) is 0 Å². The fraction of sp³-hybridized carbons (Fsp3) is 0.333. The van der Waals surface area contributed by atoms with Crippen LogP contribution in [0.2, 0.25) is 0 Å². The number of hydrogen-bond donors (Lipinski definition) is 2. The number of nitrogens with two attached hydrogens (primary N) is 1. The lowest BCUT2D eigenvalue weighted by Crippen LogP contribution is -2.24. The predicted molar refractivity (Wildman–Crippen MR) is 88.1 cm³/mol. The van der Waals surface area contributed by atoms with Gasteiger partial charge in [0.05, 0.1) is 5.69 Å². The fourth-order valence-electron chi connectivity index (χ4n) is 2.03. The summed E-state index contributed by atoms with van der Waals surface area (Å²) < 4.78 is 27.4. The third-order valence-corrected chi connectivity index (χ3v) is 6.18. The molecule has 0 radical (unpaired) electrons. The average Bonchev–Trinajstić information content (AvgIpc) is 2.71. The molecule has 114 valence electrons. The van der Waals surface area contributed by atoms with Crippen LogP contribution in [0.25, 0.3) is 0 Å². The Morgan fingerprint density at radius 2 is 1.67 bits per heavy atom. The summed E-state index contributed by atoms with van der Waals surface area (Å²) in [6, 6.07) is 5.33. The van der Waals surface area contributed by atoms with Crippen LogP contribution in [0.15, 0.2) is 23.1 Å². The highest BCUT2D eigenvalue weighted by molar-refractivity contribution is 7.89. The number of anilines is 1. The van der Waals surface area contributed by atoms with E-state index in [2.05, 4.69) is 4.72 Å². The maximum absolute atomic E-state index is 12.4. The van der Waals surface area contributed by atoms with Gasteiger partial charge in [-0.05, 0) is 62.6 Å². The molecule has 1 aromatic carbocycles. The Kier molecular flexibility index (Phi) is 4.41. The molecule has 4 nitrogen and oxygen atoms in total. The first-order valence-corrected chi connectivity index (χ1v) is 8.93. The van der Waals surface area contributed by atoms with Crippen LogP contribution >= 0.6 is 11.3 Å². The van der Waals surface area contributed by atoms with E-state index in [1.807, 2.05) is 33.8 Å². The van der Waals surface area contributed by atoms with Crippen LogP contribution in [0, 0.1) is 27.7 Å². The smallest absolute Gasteiger partial charge is 0.242 e. The standard InChI is InChI=1S/C15H20N2O2S2/c1-9-6-14(16)15(7-10(9)2)21(18,19)17-8-13-5-11(3)12(4)20-13/h5-7,17H,8,16H2,1-4H3. The largest absolute Gasteiger partial charge is 0.398 e. The van der Waals surface area contributed by atoms with E-state index < -0.39 is 10.0 Å².